The lowest BCUT2D eigenvalue weighted by Gasteiger charge is -2.10. The van der Waals surface area contributed by atoms with Crippen molar-refractivity contribution in [3.05, 3.63) is 77.3 Å². The summed E-state index contributed by atoms with van der Waals surface area (Å²) in [5.41, 5.74) is 3.04. The molecule has 3 rings (SSSR count). The maximum Gasteiger partial charge on any atom is 0.258 e. The van der Waals surface area contributed by atoms with E-state index in [0.29, 0.717) is 0 Å². The molecule has 0 aromatic heterocycles. The maximum absolute atomic E-state index is 12.2. The minimum Gasteiger partial charge on any atom is -0.277 e. The van der Waals surface area contributed by atoms with Gasteiger partial charge in [0.05, 0.1) is 11.4 Å². The van der Waals surface area contributed by atoms with Crippen LogP contribution in [0.3, 0.4) is 0 Å². The van der Waals surface area contributed by atoms with Crippen LogP contribution in [0, 0.1) is 0 Å². The summed E-state index contributed by atoms with van der Waals surface area (Å²) in [7, 11) is -3.93. The second kappa shape index (κ2) is 7.23. The molecule has 0 heterocycles. The van der Waals surface area contributed by atoms with Crippen LogP contribution in [0.15, 0.2) is 71.6 Å². The third kappa shape index (κ3) is 3.99. The number of amides is 1. The van der Waals surface area contributed by atoms with Crippen molar-refractivity contribution in [2.24, 2.45) is 0 Å². The lowest BCUT2D eigenvalue weighted by Crippen LogP contribution is -2.42. The fraction of sp³-hybridized carbons (Fsp3) is 0.0556. The molecule has 1 amide bonds. The standard InChI is InChI=1S/C18H15ClN2O3S/c19-16-10-3-4-11-17(16)25(23,24)21-20-18(22)12-14-8-5-7-13-6-1-2-9-15(13)14/h1-11,21H,12H2,(H,20,22). The van der Waals surface area contributed by atoms with Crippen LogP contribution in [0.2, 0.25) is 5.02 Å². The number of carbonyl (C=O) groups is 1. The first-order valence-electron chi connectivity index (χ1n) is 7.49. The summed E-state index contributed by atoms with van der Waals surface area (Å²) in [4.78, 5) is 14.1. The predicted octanol–water partition coefficient (Wildman–Crippen LogP) is 3.05. The molecule has 0 radical (unpaired) electrons. The zero-order valence-corrected chi connectivity index (χ0v) is 14.6. The number of benzene rings is 3. The molecule has 3 aromatic carbocycles. The zero-order valence-electron chi connectivity index (χ0n) is 13.1. The van der Waals surface area contributed by atoms with Crippen molar-refractivity contribution in [2.45, 2.75) is 11.3 Å². The smallest absolute Gasteiger partial charge is 0.258 e. The van der Waals surface area contributed by atoms with E-state index < -0.39 is 15.9 Å². The Morgan fingerprint density at radius 1 is 0.920 bits per heavy atom. The number of carbonyl (C=O) groups excluding carboxylic acids is 1. The van der Waals surface area contributed by atoms with E-state index >= 15 is 0 Å². The summed E-state index contributed by atoms with van der Waals surface area (Å²) in [5.74, 6) is -0.466. The van der Waals surface area contributed by atoms with Crippen molar-refractivity contribution in [3.8, 4) is 0 Å². The summed E-state index contributed by atoms with van der Waals surface area (Å²) in [6, 6.07) is 19.4. The van der Waals surface area contributed by atoms with Crippen molar-refractivity contribution < 1.29 is 13.2 Å². The Kier molecular flexibility index (Phi) is 5.03. The van der Waals surface area contributed by atoms with Gasteiger partial charge in [-0.1, -0.05) is 66.2 Å². The van der Waals surface area contributed by atoms with Gasteiger partial charge in [-0.25, -0.2) is 8.42 Å². The van der Waals surface area contributed by atoms with Crippen LogP contribution in [-0.4, -0.2) is 14.3 Å². The number of hydrogen-bond donors (Lipinski definition) is 2. The van der Waals surface area contributed by atoms with Gasteiger partial charge in [0.2, 0.25) is 5.91 Å². The molecular weight excluding hydrogens is 360 g/mol. The van der Waals surface area contributed by atoms with E-state index in [1.54, 1.807) is 12.1 Å². The molecule has 7 heteroatoms. The fourth-order valence-electron chi connectivity index (χ4n) is 2.51. The molecule has 0 atom stereocenters. The Morgan fingerprint density at radius 2 is 1.60 bits per heavy atom. The molecule has 0 bridgehead atoms. The number of hydrogen-bond acceptors (Lipinski definition) is 3. The van der Waals surface area contributed by atoms with Crippen LogP contribution in [0.5, 0.6) is 0 Å². The summed E-state index contributed by atoms with van der Waals surface area (Å²) < 4.78 is 24.4. The van der Waals surface area contributed by atoms with E-state index in [1.165, 1.54) is 12.1 Å². The predicted molar refractivity (Wildman–Crippen MR) is 97.6 cm³/mol. The van der Waals surface area contributed by atoms with Gasteiger partial charge in [0.15, 0.2) is 0 Å². The van der Waals surface area contributed by atoms with Crippen molar-refractivity contribution in [3.63, 3.8) is 0 Å². The highest BCUT2D eigenvalue weighted by atomic mass is 35.5. The largest absolute Gasteiger partial charge is 0.277 e. The molecule has 0 aliphatic carbocycles. The SMILES string of the molecule is O=C(Cc1cccc2ccccc12)NNS(=O)(=O)c1ccccc1Cl. The Bertz CT molecular complexity index is 1030. The molecule has 0 saturated carbocycles. The highest BCUT2D eigenvalue weighted by molar-refractivity contribution is 7.89. The molecule has 2 N–H and O–H groups in total. The van der Waals surface area contributed by atoms with Crippen LogP contribution < -0.4 is 10.3 Å². The Morgan fingerprint density at radius 3 is 2.40 bits per heavy atom. The average Bonchev–Trinajstić information content (AvgIpc) is 2.61. The third-order valence-corrected chi connectivity index (χ3v) is 5.43. The molecule has 0 unspecified atom stereocenters. The number of halogens is 1. The zero-order chi connectivity index (χ0) is 17.9. The van der Waals surface area contributed by atoms with Crippen LogP contribution in [0.25, 0.3) is 10.8 Å². The van der Waals surface area contributed by atoms with Gasteiger partial charge in [0.25, 0.3) is 10.0 Å². The first kappa shape index (κ1) is 17.4. The quantitative estimate of drug-likeness (QED) is 0.674. The molecule has 0 fully saturated rings. The normalized spacial score (nSPS) is 11.4. The third-order valence-electron chi connectivity index (χ3n) is 3.68. The van der Waals surface area contributed by atoms with Gasteiger partial charge in [-0.15, -0.1) is 4.83 Å². The first-order chi connectivity index (χ1) is 12.0. The van der Waals surface area contributed by atoms with Gasteiger partial charge in [-0.3, -0.25) is 10.2 Å². The van der Waals surface area contributed by atoms with Gasteiger partial charge in [0.1, 0.15) is 4.90 Å². The van der Waals surface area contributed by atoms with Gasteiger partial charge >= 0.3 is 0 Å². The topological polar surface area (TPSA) is 75.3 Å². The lowest BCUT2D eigenvalue weighted by atomic mass is 10.0. The van der Waals surface area contributed by atoms with E-state index in [1.807, 2.05) is 42.5 Å². The number of rotatable bonds is 5. The Hall–Kier alpha value is -2.41. The van der Waals surface area contributed by atoms with E-state index in [2.05, 4.69) is 10.3 Å². The first-order valence-corrected chi connectivity index (χ1v) is 9.35. The van der Waals surface area contributed by atoms with E-state index in [4.69, 9.17) is 11.6 Å². The number of hydrazine groups is 1. The molecule has 0 saturated heterocycles. The number of sulfonamides is 1. The molecule has 0 spiro atoms. The van der Waals surface area contributed by atoms with Crippen LogP contribution in [0.1, 0.15) is 5.56 Å². The lowest BCUT2D eigenvalue weighted by molar-refractivity contribution is -0.120. The average molecular weight is 375 g/mol. The van der Waals surface area contributed by atoms with Gasteiger partial charge in [-0.2, -0.15) is 0 Å². The summed E-state index contributed by atoms with van der Waals surface area (Å²) >= 11 is 5.89. The van der Waals surface area contributed by atoms with Crippen molar-refractivity contribution in [2.75, 3.05) is 0 Å². The highest BCUT2D eigenvalue weighted by Crippen LogP contribution is 2.20. The maximum atomic E-state index is 12.2. The molecule has 5 nitrogen and oxygen atoms in total. The van der Waals surface area contributed by atoms with Crippen LogP contribution in [0.4, 0.5) is 0 Å². The number of nitrogens with one attached hydrogen (secondary N) is 2. The molecule has 0 aliphatic rings. The van der Waals surface area contributed by atoms with Gasteiger partial charge < -0.3 is 0 Å². The summed E-state index contributed by atoms with van der Waals surface area (Å²) in [6.07, 6.45) is 0.0480. The van der Waals surface area contributed by atoms with Crippen LogP contribution in [-0.2, 0) is 21.2 Å². The minimum atomic E-state index is -3.93. The number of fused-ring (bicyclic) bond motifs is 1. The van der Waals surface area contributed by atoms with Crippen molar-refractivity contribution in [1.82, 2.24) is 10.3 Å². The monoisotopic (exact) mass is 374 g/mol. The van der Waals surface area contributed by atoms with E-state index in [-0.39, 0.29) is 16.3 Å². The molecule has 0 aliphatic heterocycles. The van der Waals surface area contributed by atoms with Crippen LogP contribution >= 0.6 is 11.6 Å². The minimum absolute atomic E-state index is 0.0480. The van der Waals surface area contributed by atoms with Crippen molar-refractivity contribution in [1.29, 1.82) is 0 Å². The second-order valence-electron chi connectivity index (χ2n) is 5.40. The molecular formula is C18H15ClN2O3S. The van der Waals surface area contributed by atoms with Gasteiger partial charge in [-0.05, 0) is 28.5 Å². The second-order valence-corrected chi connectivity index (χ2v) is 7.46. The van der Waals surface area contributed by atoms with Crippen molar-refractivity contribution >= 4 is 38.3 Å². The molecule has 128 valence electrons. The summed E-state index contributed by atoms with van der Waals surface area (Å²) in [5, 5.41) is 2.05. The Labute approximate surface area is 150 Å². The Balaban J connectivity index is 1.72. The van der Waals surface area contributed by atoms with Gasteiger partial charge in [0, 0.05) is 0 Å². The fourth-order valence-corrected chi connectivity index (χ4v) is 3.89. The highest BCUT2D eigenvalue weighted by Gasteiger charge is 2.18. The summed E-state index contributed by atoms with van der Waals surface area (Å²) in [6.45, 7) is 0. The van der Waals surface area contributed by atoms with E-state index in [9.17, 15) is 13.2 Å². The van der Waals surface area contributed by atoms with E-state index in [0.717, 1.165) is 16.3 Å². The molecule has 3 aromatic rings. The molecule has 25 heavy (non-hydrogen) atoms.